The first-order valence-electron chi connectivity index (χ1n) is 14.3. The van der Waals surface area contributed by atoms with Crippen LogP contribution in [0, 0.1) is 23.7 Å². The summed E-state index contributed by atoms with van der Waals surface area (Å²) in [4.78, 5) is 37.2. The largest absolute Gasteiger partial charge is 0.484 e. The van der Waals surface area contributed by atoms with Gasteiger partial charge in [0.05, 0.1) is 0 Å². The van der Waals surface area contributed by atoms with E-state index >= 15 is 0 Å². The summed E-state index contributed by atoms with van der Waals surface area (Å²) in [5.74, 6) is 0.274. The van der Waals surface area contributed by atoms with Crippen molar-refractivity contribution in [1.29, 1.82) is 0 Å². The monoisotopic (exact) mass is 547 g/mol. The topological polar surface area (TPSA) is 92.3 Å². The normalized spacial score (nSPS) is 36.5. The van der Waals surface area contributed by atoms with Gasteiger partial charge in [0.1, 0.15) is 12.0 Å². The molecule has 1 saturated carbocycles. The van der Waals surface area contributed by atoms with Crippen molar-refractivity contribution in [2.75, 3.05) is 6.61 Å². The number of ketones is 1. The number of carbonyl (C=O) groups is 2. The van der Waals surface area contributed by atoms with Crippen LogP contribution in [-0.4, -0.2) is 42.2 Å². The molecule has 5 fully saturated rings. The summed E-state index contributed by atoms with van der Waals surface area (Å²) < 4.78 is 18.5. The van der Waals surface area contributed by atoms with Gasteiger partial charge >= 0.3 is 0 Å². The number of hydrogen-bond acceptors (Lipinski definition) is 7. The molecule has 1 aliphatic carbocycles. The van der Waals surface area contributed by atoms with Gasteiger partial charge in [0, 0.05) is 23.8 Å². The number of ether oxygens (including phenoxy) is 3. The van der Waals surface area contributed by atoms with Crippen LogP contribution in [0.4, 0.5) is 0 Å². The molecule has 212 valence electrons. The van der Waals surface area contributed by atoms with Crippen LogP contribution in [0.1, 0.15) is 62.4 Å². The maximum Gasteiger partial charge on any atom is 0.259 e. The zero-order valence-electron chi connectivity index (χ0n) is 23.2. The van der Waals surface area contributed by atoms with Gasteiger partial charge in [-0.3, -0.25) is 9.59 Å². The molecular formula is C32H37NO7. The highest BCUT2D eigenvalue weighted by molar-refractivity contribution is 6.06. The van der Waals surface area contributed by atoms with Gasteiger partial charge in [-0.1, -0.05) is 62.4 Å². The predicted molar refractivity (Wildman–Crippen MR) is 147 cm³/mol. The maximum atomic E-state index is 12.9. The third-order valence-corrected chi connectivity index (χ3v) is 9.20. The summed E-state index contributed by atoms with van der Waals surface area (Å²) in [5.41, 5.74) is 0.839. The number of benzene rings is 2. The predicted octanol–water partition coefficient (Wildman–Crippen LogP) is 5.29. The summed E-state index contributed by atoms with van der Waals surface area (Å²) in [7, 11) is 0. The van der Waals surface area contributed by atoms with Crippen LogP contribution in [0.2, 0.25) is 0 Å². The molecule has 4 aliphatic heterocycles. The minimum absolute atomic E-state index is 0.00882. The molecule has 8 nitrogen and oxygen atoms in total. The molecule has 0 radical (unpaired) electrons. The van der Waals surface area contributed by atoms with E-state index < -0.39 is 23.9 Å². The molecule has 2 aromatic rings. The Kier molecular flexibility index (Phi) is 7.29. The molecule has 8 atom stereocenters. The first-order valence-corrected chi connectivity index (χ1v) is 14.3. The molecule has 1 spiro atoms. The minimum atomic E-state index is -0.855. The molecule has 2 aromatic carbocycles. The fourth-order valence-electron chi connectivity index (χ4n) is 6.96. The van der Waals surface area contributed by atoms with Crippen molar-refractivity contribution in [3.63, 3.8) is 0 Å². The van der Waals surface area contributed by atoms with Crippen LogP contribution in [0.15, 0.2) is 60.7 Å². The Morgan fingerprint density at radius 2 is 1.77 bits per heavy atom. The molecule has 7 rings (SSSR count). The van der Waals surface area contributed by atoms with Gasteiger partial charge in [0.2, 0.25) is 5.79 Å². The smallest absolute Gasteiger partial charge is 0.259 e. The zero-order valence-corrected chi connectivity index (χ0v) is 23.2. The lowest BCUT2D eigenvalue weighted by Crippen LogP contribution is -2.72. The third kappa shape index (κ3) is 4.98. The van der Waals surface area contributed by atoms with E-state index in [-0.39, 0.29) is 36.1 Å². The van der Waals surface area contributed by atoms with Gasteiger partial charge in [-0.25, -0.2) is 9.78 Å². The van der Waals surface area contributed by atoms with Gasteiger partial charge in [0.25, 0.3) is 5.91 Å². The molecule has 4 saturated heterocycles. The Bertz CT molecular complexity index is 1260. The lowest BCUT2D eigenvalue weighted by atomic mass is 9.58. The molecule has 1 N–H and O–H groups in total. The number of nitrogens with one attached hydrogen (secondary N) is 1. The molecule has 0 unspecified atom stereocenters. The second kappa shape index (κ2) is 10.7. The summed E-state index contributed by atoms with van der Waals surface area (Å²) in [5, 5.41) is 3.02. The zero-order chi connectivity index (χ0) is 27.9. The van der Waals surface area contributed by atoms with Gasteiger partial charge in [-0.2, -0.15) is 0 Å². The van der Waals surface area contributed by atoms with E-state index in [0.29, 0.717) is 17.2 Å². The molecule has 8 heteroatoms. The average Bonchev–Trinajstić information content (AvgIpc) is 3.20. The van der Waals surface area contributed by atoms with Gasteiger partial charge in [-0.15, -0.1) is 0 Å². The number of allylic oxidation sites excluding steroid dienone is 1. The van der Waals surface area contributed by atoms with Crippen LogP contribution in [0.3, 0.4) is 0 Å². The van der Waals surface area contributed by atoms with E-state index in [1.165, 1.54) is 0 Å². The fourth-order valence-corrected chi connectivity index (χ4v) is 6.96. The van der Waals surface area contributed by atoms with E-state index in [1.54, 1.807) is 36.4 Å². The van der Waals surface area contributed by atoms with E-state index in [9.17, 15) is 9.59 Å². The highest BCUT2D eigenvalue weighted by Crippen LogP contribution is 2.60. The second-order valence-electron chi connectivity index (χ2n) is 11.8. The van der Waals surface area contributed by atoms with Crippen LogP contribution in [0.25, 0.3) is 6.08 Å². The van der Waals surface area contributed by atoms with Crippen molar-refractivity contribution in [2.24, 2.45) is 23.7 Å². The summed E-state index contributed by atoms with van der Waals surface area (Å²) in [6.45, 7) is 6.12. The summed E-state index contributed by atoms with van der Waals surface area (Å²) in [6.07, 6.45) is 5.94. The maximum absolute atomic E-state index is 12.9. The van der Waals surface area contributed by atoms with Crippen molar-refractivity contribution < 1.29 is 33.6 Å². The summed E-state index contributed by atoms with van der Waals surface area (Å²) in [6, 6.07) is 16.4. The number of amides is 1. The van der Waals surface area contributed by atoms with Crippen molar-refractivity contribution in [3.05, 3.63) is 71.8 Å². The fraction of sp³-hybridized carbons (Fsp3) is 0.500. The molecule has 2 bridgehead atoms. The molecule has 5 aliphatic rings. The van der Waals surface area contributed by atoms with Crippen LogP contribution < -0.4 is 10.1 Å². The molecule has 40 heavy (non-hydrogen) atoms. The second-order valence-corrected chi connectivity index (χ2v) is 11.8. The molecule has 0 aromatic heterocycles. The summed E-state index contributed by atoms with van der Waals surface area (Å²) >= 11 is 0. The SMILES string of the molecule is C[C@H]1[C@@H](NC(=O)COc2ccc(/C=C/C(=O)c3ccccc3)cc2)O[C@@H]2O[C@@]3(C)CC[C@H]4[C@H](C)CC[C@@H]1[C@@]24OO3. The quantitative estimate of drug-likeness (QED) is 0.286. The van der Waals surface area contributed by atoms with Gasteiger partial charge in [-0.05, 0) is 61.8 Å². The molecular weight excluding hydrogens is 510 g/mol. The van der Waals surface area contributed by atoms with E-state index in [0.717, 1.165) is 31.2 Å². The first-order chi connectivity index (χ1) is 19.3. The average molecular weight is 548 g/mol. The minimum Gasteiger partial charge on any atom is -0.484 e. The Labute approximate surface area is 234 Å². The first kappa shape index (κ1) is 27.1. The molecule has 4 heterocycles. The van der Waals surface area contributed by atoms with Crippen LogP contribution in [-0.2, 0) is 24.0 Å². The Hall–Kier alpha value is -3.04. The molecule has 1 amide bonds. The highest BCUT2D eigenvalue weighted by Gasteiger charge is 2.69. The van der Waals surface area contributed by atoms with Gasteiger partial charge in [0.15, 0.2) is 24.3 Å². The number of fused-ring (bicyclic) bond motifs is 2. The van der Waals surface area contributed by atoms with E-state index in [1.807, 2.05) is 37.3 Å². The standard InChI is InChI=1S/C32H37NO7/c1-20-9-15-26-21(2)29(37-30-32(26)25(20)17-18-31(3,38-30)39-40-32)33-28(35)19-36-24-13-10-22(11-14-24)12-16-27(34)23-7-5-4-6-8-23/h4-8,10-14,16,20-21,25-26,29-30H,9,15,17-19H2,1-3H3,(H,33,35)/b16-12+/t20-,21-,25+,26+,29+,30-,31-,32-/m1/s1. The van der Waals surface area contributed by atoms with Crippen molar-refractivity contribution in [3.8, 4) is 5.75 Å². The lowest BCUT2D eigenvalue weighted by Gasteiger charge is -2.60. The van der Waals surface area contributed by atoms with Crippen molar-refractivity contribution in [2.45, 2.75) is 70.4 Å². The third-order valence-electron chi connectivity index (χ3n) is 9.20. The van der Waals surface area contributed by atoms with E-state index in [2.05, 4.69) is 19.2 Å². The van der Waals surface area contributed by atoms with Gasteiger partial charge < -0.3 is 19.5 Å². The van der Waals surface area contributed by atoms with Crippen LogP contribution >= 0.6 is 0 Å². The van der Waals surface area contributed by atoms with E-state index in [4.69, 9.17) is 24.0 Å². The number of hydrogen-bond donors (Lipinski definition) is 1. The van der Waals surface area contributed by atoms with Crippen molar-refractivity contribution >= 4 is 17.8 Å². The lowest BCUT2D eigenvalue weighted by molar-refractivity contribution is -0.571. The highest BCUT2D eigenvalue weighted by atomic mass is 17.3. The number of rotatable bonds is 7. The number of carbonyl (C=O) groups excluding carboxylic acids is 2. The van der Waals surface area contributed by atoms with Crippen LogP contribution in [0.5, 0.6) is 5.75 Å². The van der Waals surface area contributed by atoms with Crippen molar-refractivity contribution in [1.82, 2.24) is 5.32 Å². The Morgan fingerprint density at radius 3 is 2.55 bits per heavy atom. The Morgan fingerprint density at radius 1 is 1.00 bits per heavy atom. The Balaban J connectivity index is 1.06.